The Bertz CT molecular complexity index is 732. The minimum Gasteiger partial charge on any atom is -0.379 e. The van der Waals surface area contributed by atoms with Crippen LogP contribution in [0.5, 0.6) is 0 Å². The Morgan fingerprint density at radius 2 is 2.04 bits per heavy atom. The zero-order valence-corrected chi connectivity index (χ0v) is 12.7. The quantitative estimate of drug-likeness (QED) is 0.363. The van der Waals surface area contributed by atoms with Gasteiger partial charge in [0.2, 0.25) is 0 Å². The maximum atomic E-state index is 13.1. The Kier molecular flexibility index (Phi) is 5.41. The molecule has 0 radical (unpaired) electrons. The number of nitro benzene ring substituents is 1. The van der Waals surface area contributed by atoms with Crippen molar-refractivity contribution < 1.29 is 14.1 Å². The molecule has 0 bridgehead atoms. The molecule has 23 heavy (non-hydrogen) atoms. The van der Waals surface area contributed by atoms with Gasteiger partial charge in [-0.2, -0.15) is 0 Å². The summed E-state index contributed by atoms with van der Waals surface area (Å²) in [5.74, 6) is -0.489. The number of nitrogens with zero attached hydrogens (tertiary/aromatic N) is 1. The van der Waals surface area contributed by atoms with Crippen LogP contribution in [-0.2, 0) is 6.42 Å². The number of hydrogen-bond acceptors (Lipinski definition) is 4. The highest BCUT2D eigenvalue weighted by Crippen LogP contribution is 2.25. The highest BCUT2D eigenvalue weighted by Gasteiger charge is 2.15. The van der Waals surface area contributed by atoms with Crippen LogP contribution in [0.4, 0.5) is 15.8 Å². The van der Waals surface area contributed by atoms with Crippen molar-refractivity contribution in [3.63, 3.8) is 0 Å². The summed E-state index contributed by atoms with van der Waals surface area (Å²) in [6.07, 6.45) is 1.37. The molecule has 120 valence electrons. The normalized spacial score (nSPS) is 10.3. The molecule has 2 aromatic rings. The van der Waals surface area contributed by atoms with Crippen LogP contribution in [-0.4, -0.2) is 17.3 Å². The molecule has 2 rings (SSSR count). The second-order valence-corrected chi connectivity index (χ2v) is 5.21. The number of halogens is 1. The third kappa shape index (κ3) is 4.60. The third-order valence-corrected chi connectivity index (χ3v) is 3.45. The van der Waals surface area contributed by atoms with Crippen LogP contribution in [0.1, 0.15) is 29.3 Å². The van der Waals surface area contributed by atoms with Crippen LogP contribution in [0, 0.1) is 15.9 Å². The lowest BCUT2D eigenvalue weighted by molar-refractivity contribution is -0.384. The Hall–Kier alpha value is -2.76. The lowest BCUT2D eigenvalue weighted by Gasteiger charge is -2.08. The first-order valence-corrected chi connectivity index (χ1v) is 7.25. The fraction of sp³-hybridized carbons (Fsp3) is 0.235. The van der Waals surface area contributed by atoms with Crippen molar-refractivity contribution in [2.24, 2.45) is 0 Å². The maximum absolute atomic E-state index is 13.1. The van der Waals surface area contributed by atoms with Crippen LogP contribution < -0.4 is 5.32 Å². The molecule has 0 saturated carbocycles. The van der Waals surface area contributed by atoms with E-state index in [-0.39, 0.29) is 17.3 Å². The van der Waals surface area contributed by atoms with Crippen LogP contribution in [0.2, 0.25) is 0 Å². The number of aryl methyl sites for hydroxylation is 1. The summed E-state index contributed by atoms with van der Waals surface area (Å²) in [7, 11) is 0. The summed E-state index contributed by atoms with van der Waals surface area (Å²) in [5.41, 5.74) is 1.44. The number of rotatable bonds is 7. The van der Waals surface area contributed by atoms with Crippen molar-refractivity contribution in [3.8, 4) is 0 Å². The highest BCUT2D eigenvalue weighted by atomic mass is 19.1. The molecule has 0 aromatic heterocycles. The predicted molar refractivity (Wildman–Crippen MR) is 86.3 cm³/mol. The number of ketones is 1. The number of Topliss-reactive ketones (excluding diaryl/α,β-unsaturated/α-hetero) is 1. The lowest BCUT2D eigenvalue weighted by Crippen LogP contribution is -2.06. The average molecular weight is 316 g/mol. The molecule has 0 saturated heterocycles. The monoisotopic (exact) mass is 316 g/mol. The molecule has 5 nitrogen and oxygen atoms in total. The smallest absolute Gasteiger partial charge is 0.293 e. The van der Waals surface area contributed by atoms with Gasteiger partial charge >= 0.3 is 0 Å². The van der Waals surface area contributed by atoms with Gasteiger partial charge in [-0.3, -0.25) is 14.9 Å². The van der Waals surface area contributed by atoms with E-state index < -0.39 is 4.92 Å². The lowest BCUT2D eigenvalue weighted by atomic mass is 10.1. The van der Waals surface area contributed by atoms with Gasteiger partial charge in [-0.25, -0.2) is 4.39 Å². The number of nitrogens with one attached hydrogen (secondary N) is 1. The molecule has 0 atom stereocenters. The van der Waals surface area contributed by atoms with E-state index in [2.05, 4.69) is 5.32 Å². The largest absolute Gasteiger partial charge is 0.379 e. The number of carbonyl (C=O) groups is 1. The van der Waals surface area contributed by atoms with Crippen molar-refractivity contribution >= 4 is 17.2 Å². The molecule has 0 fully saturated rings. The number of carbonyl (C=O) groups excluding carboxylic acids is 1. The first kappa shape index (κ1) is 16.6. The molecule has 0 spiro atoms. The van der Waals surface area contributed by atoms with Crippen LogP contribution >= 0.6 is 0 Å². The van der Waals surface area contributed by atoms with E-state index in [1.165, 1.54) is 31.2 Å². The zero-order valence-electron chi connectivity index (χ0n) is 12.7. The fourth-order valence-electron chi connectivity index (χ4n) is 2.26. The van der Waals surface area contributed by atoms with Crippen molar-refractivity contribution in [1.82, 2.24) is 0 Å². The Morgan fingerprint density at radius 3 is 2.70 bits per heavy atom. The summed E-state index contributed by atoms with van der Waals surface area (Å²) < 4.78 is 13.1. The molecule has 0 aliphatic carbocycles. The first-order chi connectivity index (χ1) is 11.0. The Labute approximate surface area is 133 Å². The molecule has 1 N–H and O–H groups in total. The molecule has 0 aliphatic heterocycles. The summed E-state index contributed by atoms with van der Waals surface area (Å²) in [4.78, 5) is 21.9. The van der Waals surface area contributed by atoms with Gasteiger partial charge < -0.3 is 5.32 Å². The third-order valence-electron chi connectivity index (χ3n) is 3.45. The van der Waals surface area contributed by atoms with Gasteiger partial charge in [0, 0.05) is 18.2 Å². The molecule has 0 heterocycles. The van der Waals surface area contributed by atoms with E-state index in [9.17, 15) is 19.3 Å². The highest BCUT2D eigenvalue weighted by molar-refractivity contribution is 5.95. The first-order valence-electron chi connectivity index (χ1n) is 7.25. The standard InChI is InChI=1S/C17H17FN2O3/c1-12(21)14-7-8-16(17(11-14)20(22)23)19-9-3-5-13-4-2-6-15(18)10-13/h2,4,6-8,10-11,19H,3,5,9H2,1H3. The molecule has 2 aromatic carbocycles. The summed E-state index contributed by atoms with van der Waals surface area (Å²) >= 11 is 0. The fourth-order valence-corrected chi connectivity index (χ4v) is 2.26. The molecule has 0 unspecified atom stereocenters. The van der Waals surface area contributed by atoms with Gasteiger partial charge in [-0.1, -0.05) is 12.1 Å². The van der Waals surface area contributed by atoms with Crippen molar-refractivity contribution in [2.75, 3.05) is 11.9 Å². The van der Waals surface area contributed by atoms with Gasteiger partial charge in [0.25, 0.3) is 5.69 Å². The van der Waals surface area contributed by atoms with Gasteiger partial charge in [0.05, 0.1) is 4.92 Å². The Morgan fingerprint density at radius 1 is 1.26 bits per heavy atom. The minimum absolute atomic E-state index is 0.122. The van der Waals surface area contributed by atoms with Crippen molar-refractivity contribution in [1.29, 1.82) is 0 Å². The van der Waals surface area contributed by atoms with E-state index in [1.54, 1.807) is 12.1 Å². The zero-order chi connectivity index (χ0) is 16.8. The maximum Gasteiger partial charge on any atom is 0.293 e. The minimum atomic E-state index is -0.513. The number of anilines is 1. The van der Waals surface area contributed by atoms with Crippen molar-refractivity contribution in [3.05, 3.63) is 69.5 Å². The van der Waals surface area contributed by atoms with Crippen LogP contribution in [0.3, 0.4) is 0 Å². The second kappa shape index (κ2) is 7.49. The van der Waals surface area contributed by atoms with Gasteiger partial charge in [-0.05, 0) is 49.6 Å². The number of benzene rings is 2. The van der Waals surface area contributed by atoms with E-state index in [4.69, 9.17) is 0 Å². The van der Waals surface area contributed by atoms with Crippen molar-refractivity contribution in [2.45, 2.75) is 19.8 Å². The second-order valence-electron chi connectivity index (χ2n) is 5.21. The summed E-state index contributed by atoms with van der Waals surface area (Å²) in [5, 5.41) is 14.1. The number of nitro groups is 1. The predicted octanol–water partition coefficient (Wildman–Crippen LogP) is 3.98. The Balaban J connectivity index is 1.97. The average Bonchev–Trinajstić information content (AvgIpc) is 2.51. The van der Waals surface area contributed by atoms with Crippen LogP contribution in [0.25, 0.3) is 0 Å². The van der Waals surface area contributed by atoms with E-state index in [1.807, 2.05) is 6.07 Å². The SMILES string of the molecule is CC(=O)c1ccc(NCCCc2cccc(F)c2)c([N+](=O)[O-])c1. The van der Waals surface area contributed by atoms with Gasteiger partial charge in [0.15, 0.2) is 5.78 Å². The van der Waals surface area contributed by atoms with E-state index in [0.717, 1.165) is 5.56 Å². The number of hydrogen-bond donors (Lipinski definition) is 1. The van der Waals surface area contributed by atoms with E-state index in [0.29, 0.717) is 30.6 Å². The summed E-state index contributed by atoms with van der Waals surface area (Å²) in [6.45, 7) is 1.88. The molecular weight excluding hydrogens is 299 g/mol. The molecular formula is C17H17FN2O3. The molecule has 0 aliphatic rings. The molecule has 0 amide bonds. The topological polar surface area (TPSA) is 72.2 Å². The van der Waals surface area contributed by atoms with Crippen LogP contribution in [0.15, 0.2) is 42.5 Å². The summed E-state index contributed by atoms with van der Waals surface area (Å²) in [6, 6.07) is 10.7. The van der Waals surface area contributed by atoms with Gasteiger partial charge in [-0.15, -0.1) is 0 Å². The van der Waals surface area contributed by atoms with Gasteiger partial charge in [0.1, 0.15) is 11.5 Å². The molecule has 6 heteroatoms. The van der Waals surface area contributed by atoms with E-state index >= 15 is 0 Å².